The molecule has 1 fully saturated rings. The van der Waals surface area contributed by atoms with Gasteiger partial charge >= 0.3 is 5.69 Å². The Morgan fingerprint density at radius 2 is 1.80 bits per heavy atom. The highest BCUT2D eigenvalue weighted by Crippen LogP contribution is 2.27. The first-order valence-electron chi connectivity index (χ1n) is 9.97. The van der Waals surface area contributed by atoms with Gasteiger partial charge in [0.05, 0.1) is 20.1 Å². The molecule has 9 nitrogen and oxygen atoms in total. The predicted octanol–water partition coefficient (Wildman–Crippen LogP) is 1.44. The molecule has 0 saturated carbocycles. The van der Waals surface area contributed by atoms with E-state index >= 15 is 0 Å². The third-order valence-electron chi connectivity index (χ3n) is 5.43. The summed E-state index contributed by atoms with van der Waals surface area (Å²) in [4.78, 5) is 39.5. The average Bonchev–Trinajstić information content (AvgIpc) is 2.77. The number of hydrogen-bond acceptors (Lipinski definition) is 6. The van der Waals surface area contributed by atoms with E-state index in [9.17, 15) is 14.4 Å². The molecule has 30 heavy (non-hydrogen) atoms. The normalized spacial score (nSPS) is 16.3. The van der Waals surface area contributed by atoms with Crippen LogP contribution in [0, 0.1) is 5.92 Å². The van der Waals surface area contributed by atoms with E-state index in [2.05, 4.69) is 5.32 Å². The zero-order valence-corrected chi connectivity index (χ0v) is 17.8. The third-order valence-corrected chi connectivity index (χ3v) is 5.43. The molecule has 2 heterocycles. The molecule has 0 bridgehead atoms. The monoisotopic (exact) mass is 416 g/mol. The summed E-state index contributed by atoms with van der Waals surface area (Å²) in [6.45, 7) is 3.42. The van der Waals surface area contributed by atoms with Crippen LogP contribution in [0.4, 0.5) is 11.5 Å². The predicted molar refractivity (Wildman–Crippen MR) is 115 cm³/mol. The Balaban J connectivity index is 1.81. The summed E-state index contributed by atoms with van der Waals surface area (Å²) in [5, 5.41) is 2.93. The summed E-state index contributed by atoms with van der Waals surface area (Å²) in [6, 6.07) is 6.67. The van der Waals surface area contributed by atoms with Crippen LogP contribution < -0.4 is 30.9 Å². The van der Waals surface area contributed by atoms with Crippen LogP contribution in [0.3, 0.4) is 0 Å². The number of aromatic nitrogens is 2. The maximum atomic E-state index is 12.9. The van der Waals surface area contributed by atoms with E-state index in [1.54, 1.807) is 37.0 Å². The van der Waals surface area contributed by atoms with Crippen molar-refractivity contribution in [3.8, 4) is 11.5 Å². The van der Waals surface area contributed by atoms with Crippen LogP contribution in [-0.2, 0) is 18.4 Å². The minimum Gasteiger partial charge on any atom is -0.497 e. The highest BCUT2D eigenvalue weighted by atomic mass is 16.5. The second kappa shape index (κ2) is 9.06. The van der Waals surface area contributed by atoms with Crippen molar-refractivity contribution in [2.75, 3.05) is 37.5 Å². The fourth-order valence-corrected chi connectivity index (χ4v) is 3.74. The second-order valence-electron chi connectivity index (χ2n) is 7.30. The minimum atomic E-state index is -0.352. The highest BCUT2D eigenvalue weighted by molar-refractivity contribution is 5.93. The molecule has 1 aliphatic rings. The number of hydrogen-bond donors (Lipinski definition) is 1. The molecule has 0 unspecified atom stereocenters. The van der Waals surface area contributed by atoms with Gasteiger partial charge in [0.1, 0.15) is 17.3 Å². The molecule has 1 aromatic heterocycles. The molecular formula is C21H28N4O5. The first-order chi connectivity index (χ1) is 14.4. The van der Waals surface area contributed by atoms with E-state index in [-0.39, 0.29) is 23.1 Å². The Morgan fingerprint density at radius 1 is 1.13 bits per heavy atom. The lowest BCUT2D eigenvalue weighted by Crippen LogP contribution is -2.46. The van der Waals surface area contributed by atoms with Crippen molar-refractivity contribution in [1.82, 2.24) is 9.13 Å². The molecule has 9 heteroatoms. The van der Waals surface area contributed by atoms with Crippen LogP contribution in [0.5, 0.6) is 11.5 Å². The Morgan fingerprint density at radius 3 is 2.40 bits per heavy atom. The van der Waals surface area contributed by atoms with Gasteiger partial charge in [-0.15, -0.1) is 0 Å². The number of carbonyl (C=O) groups is 1. The molecule has 0 radical (unpaired) electrons. The number of anilines is 2. The molecule has 1 atom stereocenters. The van der Waals surface area contributed by atoms with Crippen LogP contribution in [-0.4, -0.2) is 42.4 Å². The molecule has 1 amide bonds. The molecule has 162 valence electrons. The Kier molecular flexibility index (Phi) is 6.49. The molecule has 1 saturated heterocycles. The van der Waals surface area contributed by atoms with Gasteiger partial charge in [-0.1, -0.05) is 0 Å². The Labute approximate surface area is 174 Å². The van der Waals surface area contributed by atoms with Crippen molar-refractivity contribution in [2.24, 2.45) is 13.0 Å². The molecule has 0 aliphatic carbocycles. The standard InChI is InChI=1S/C21H28N4O5/c1-5-25-18(12-19(26)23(2)21(25)28)24-8-6-7-14(13-24)20(27)22-15-9-16(29-3)11-17(10-15)30-4/h9-12,14H,5-8,13H2,1-4H3,(H,22,27)/t14-/m0/s1. The van der Waals surface area contributed by atoms with Crippen molar-refractivity contribution in [2.45, 2.75) is 26.3 Å². The zero-order valence-electron chi connectivity index (χ0n) is 17.8. The van der Waals surface area contributed by atoms with Crippen LogP contribution in [0.2, 0.25) is 0 Å². The topological polar surface area (TPSA) is 94.8 Å². The summed E-state index contributed by atoms with van der Waals surface area (Å²) >= 11 is 0. The summed E-state index contributed by atoms with van der Waals surface area (Å²) in [7, 11) is 4.57. The lowest BCUT2D eigenvalue weighted by molar-refractivity contribution is -0.120. The van der Waals surface area contributed by atoms with E-state index in [1.165, 1.54) is 13.1 Å². The third kappa shape index (κ3) is 4.34. The molecular weight excluding hydrogens is 388 g/mol. The van der Waals surface area contributed by atoms with E-state index in [0.29, 0.717) is 42.6 Å². The SMILES string of the molecule is CCn1c(N2CCC[C@H](C(=O)Nc3cc(OC)cc(OC)c3)C2)cc(=O)n(C)c1=O. The van der Waals surface area contributed by atoms with Gasteiger partial charge in [0.2, 0.25) is 5.91 Å². The number of ether oxygens (including phenoxy) is 2. The maximum absolute atomic E-state index is 12.9. The lowest BCUT2D eigenvalue weighted by Gasteiger charge is -2.34. The number of rotatable bonds is 6. The van der Waals surface area contributed by atoms with Crippen molar-refractivity contribution >= 4 is 17.4 Å². The smallest absolute Gasteiger partial charge is 0.332 e. The first-order valence-corrected chi connectivity index (χ1v) is 9.97. The van der Waals surface area contributed by atoms with Crippen LogP contribution in [0.25, 0.3) is 0 Å². The number of nitrogens with zero attached hydrogens (tertiary/aromatic N) is 3. The molecule has 1 aliphatic heterocycles. The Bertz CT molecular complexity index is 1020. The number of amides is 1. The highest BCUT2D eigenvalue weighted by Gasteiger charge is 2.28. The summed E-state index contributed by atoms with van der Waals surface area (Å²) in [5.41, 5.74) is -0.114. The minimum absolute atomic E-state index is 0.121. The van der Waals surface area contributed by atoms with Gasteiger partial charge in [-0.3, -0.25) is 18.7 Å². The van der Waals surface area contributed by atoms with Crippen molar-refractivity contribution in [3.05, 3.63) is 45.1 Å². The van der Waals surface area contributed by atoms with Gasteiger partial charge < -0.3 is 19.7 Å². The molecule has 2 aromatic rings. The van der Waals surface area contributed by atoms with Crippen LogP contribution in [0.1, 0.15) is 19.8 Å². The van der Waals surface area contributed by atoms with E-state index in [4.69, 9.17) is 9.47 Å². The quantitative estimate of drug-likeness (QED) is 0.766. The van der Waals surface area contributed by atoms with Crippen molar-refractivity contribution < 1.29 is 14.3 Å². The molecule has 3 rings (SSSR count). The average molecular weight is 416 g/mol. The largest absolute Gasteiger partial charge is 0.497 e. The summed E-state index contributed by atoms with van der Waals surface area (Å²) < 4.78 is 13.2. The number of benzene rings is 1. The van der Waals surface area contributed by atoms with Gasteiger partial charge in [-0.2, -0.15) is 0 Å². The van der Waals surface area contributed by atoms with Gasteiger partial charge in [0.25, 0.3) is 5.56 Å². The fourth-order valence-electron chi connectivity index (χ4n) is 3.74. The summed E-state index contributed by atoms with van der Waals surface area (Å²) in [6.07, 6.45) is 1.51. The molecule has 0 spiro atoms. The van der Waals surface area contributed by atoms with Crippen LogP contribution in [0.15, 0.2) is 33.9 Å². The fraction of sp³-hybridized carbons (Fsp3) is 0.476. The van der Waals surface area contributed by atoms with Crippen molar-refractivity contribution in [3.63, 3.8) is 0 Å². The maximum Gasteiger partial charge on any atom is 0.332 e. The second-order valence-corrected chi connectivity index (χ2v) is 7.30. The number of nitrogens with one attached hydrogen (secondary N) is 1. The summed E-state index contributed by atoms with van der Waals surface area (Å²) in [5.74, 6) is 1.33. The van der Waals surface area contributed by atoms with E-state index in [0.717, 1.165) is 17.4 Å². The van der Waals surface area contributed by atoms with E-state index < -0.39 is 0 Å². The Hall–Kier alpha value is -3.23. The lowest BCUT2D eigenvalue weighted by atomic mass is 9.97. The van der Waals surface area contributed by atoms with Crippen LogP contribution >= 0.6 is 0 Å². The van der Waals surface area contributed by atoms with Gasteiger partial charge in [-0.25, -0.2) is 4.79 Å². The molecule has 1 aromatic carbocycles. The zero-order chi connectivity index (χ0) is 21.8. The number of carbonyl (C=O) groups excluding carboxylic acids is 1. The first kappa shape index (κ1) is 21.5. The number of piperidine rings is 1. The van der Waals surface area contributed by atoms with Gasteiger partial charge in [0.15, 0.2) is 0 Å². The number of methoxy groups -OCH3 is 2. The van der Waals surface area contributed by atoms with Crippen molar-refractivity contribution in [1.29, 1.82) is 0 Å². The van der Waals surface area contributed by atoms with Gasteiger partial charge in [0, 0.05) is 56.6 Å². The molecule has 1 N–H and O–H groups in total. The van der Waals surface area contributed by atoms with Gasteiger partial charge in [-0.05, 0) is 19.8 Å². The van der Waals surface area contributed by atoms with E-state index in [1.807, 2.05) is 11.8 Å².